The molecule has 2 N–H and O–H groups in total. The number of nitrogens with one attached hydrogen (secondary N) is 1. The van der Waals surface area contributed by atoms with Crippen molar-refractivity contribution in [3.05, 3.63) is 29.3 Å². The fourth-order valence-corrected chi connectivity index (χ4v) is 2.70. The van der Waals surface area contributed by atoms with Crippen molar-refractivity contribution in [2.75, 3.05) is 13.7 Å². The monoisotopic (exact) mass is 249 g/mol. The third-order valence-electron chi connectivity index (χ3n) is 3.68. The Hall–Kier alpha value is -1.06. The zero-order valence-corrected chi connectivity index (χ0v) is 11.3. The van der Waals surface area contributed by atoms with E-state index in [2.05, 4.69) is 18.3 Å². The Morgan fingerprint density at radius 3 is 3.11 bits per heavy atom. The van der Waals surface area contributed by atoms with Crippen molar-refractivity contribution in [2.45, 2.75) is 44.7 Å². The number of aromatic hydroxyl groups is 1. The molecule has 0 bridgehead atoms. The summed E-state index contributed by atoms with van der Waals surface area (Å²) in [4.78, 5) is 0. The minimum absolute atomic E-state index is 0.377. The number of aryl methyl sites for hydroxylation is 1. The molecule has 0 aliphatic heterocycles. The zero-order chi connectivity index (χ0) is 13.0. The highest BCUT2D eigenvalue weighted by Gasteiger charge is 2.21. The second-order valence-electron chi connectivity index (χ2n) is 5.18. The van der Waals surface area contributed by atoms with Gasteiger partial charge in [0.1, 0.15) is 5.75 Å². The van der Waals surface area contributed by atoms with Crippen molar-refractivity contribution in [1.82, 2.24) is 5.32 Å². The minimum atomic E-state index is 0.377. The highest BCUT2D eigenvalue weighted by atomic mass is 16.5. The quantitative estimate of drug-likeness (QED) is 0.843. The van der Waals surface area contributed by atoms with Crippen molar-refractivity contribution in [3.8, 4) is 5.75 Å². The summed E-state index contributed by atoms with van der Waals surface area (Å²) in [5.74, 6) is 0.377. The molecule has 2 rings (SSSR count). The number of hydrogen-bond acceptors (Lipinski definition) is 3. The van der Waals surface area contributed by atoms with Crippen LogP contribution in [-0.4, -0.2) is 24.9 Å². The fourth-order valence-electron chi connectivity index (χ4n) is 2.70. The van der Waals surface area contributed by atoms with Crippen molar-refractivity contribution in [1.29, 1.82) is 0 Å². The summed E-state index contributed by atoms with van der Waals surface area (Å²) in [6.07, 6.45) is 4.47. The van der Waals surface area contributed by atoms with Crippen molar-refractivity contribution in [2.24, 2.45) is 0 Å². The number of fused-ring (bicyclic) bond motifs is 1. The normalized spacial score (nSPS) is 20.4. The predicted octanol–water partition coefficient (Wildman–Crippen LogP) is 2.78. The summed E-state index contributed by atoms with van der Waals surface area (Å²) >= 11 is 0. The molecular formula is C15H23NO2. The highest BCUT2D eigenvalue weighted by Crippen LogP contribution is 2.32. The molecule has 3 nitrogen and oxygen atoms in total. The van der Waals surface area contributed by atoms with Crippen LogP contribution in [-0.2, 0) is 11.2 Å². The first-order valence-electron chi connectivity index (χ1n) is 6.77. The van der Waals surface area contributed by atoms with Crippen LogP contribution in [0, 0.1) is 0 Å². The van der Waals surface area contributed by atoms with Gasteiger partial charge in [-0.05, 0) is 55.9 Å². The van der Waals surface area contributed by atoms with E-state index in [1.54, 1.807) is 13.2 Å². The molecule has 0 heterocycles. The average Bonchev–Trinajstić information content (AvgIpc) is 2.36. The molecule has 0 saturated heterocycles. The third-order valence-corrected chi connectivity index (χ3v) is 3.68. The molecule has 2 unspecified atom stereocenters. The van der Waals surface area contributed by atoms with Crippen LogP contribution >= 0.6 is 0 Å². The molecule has 0 amide bonds. The molecule has 1 aromatic rings. The minimum Gasteiger partial charge on any atom is -0.508 e. The van der Waals surface area contributed by atoms with Gasteiger partial charge < -0.3 is 15.2 Å². The van der Waals surface area contributed by atoms with Gasteiger partial charge in [0.25, 0.3) is 0 Å². The van der Waals surface area contributed by atoms with Gasteiger partial charge in [0.2, 0.25) is 0 Å². The Bertz CT molecular complexity index is 392. The largest absolute Gasteiger partial charge is 0.508 e. The van der Waals surface area contributed by atoms with Gasteiger partial charge in [-0.25, -0.2) is 0 Å². The molecule has 0 saturated carbocycles. The van der Waals surface area contributed by atoms with E-state index >= 15 is 0 Å². The SMILES string of the molecule is COCCC(C)NC1CCCc2cc(O)ccc21. The van der Waals surface area contributed by atoms with Crippen LogP contribution in [0.2, 0.25) is 0 Å². The van der Waals surface area contributed by atoms with E-state index in [9.17, 15) is 5.11 Å². The van der Waals surface area contributed by atoms with E-state index in [1.807, 2.05) is 6.07 Å². The fraction of sp³-hybridized carbons (Fsp3) is 0.600. The van der Waals surface area contributed by atoms with Crippen molar-refractivity contribution in [3.63, 3.8) is 0 Å². The van der Waals surface area contributed by atoms with Gasteiger partial charge in [-0.1, -0.05) is 6.07 Å². The first kappa shape index (κ1) is 13.4. The lowest BCUT2D eigenvalue weighted by molar-refractivity contribution is 0.181. The summed E-state index contributed by atoms with van der Waals surface area (Å²) in [5.41, 5.74) is 2.64. The molecule has 18 heavy (non-hydrogen) atoms. The molecular weight excluding hydrogens is 226 g/mol. The van der Waals surface area contributed by atoms with E-state index in [-0.39, 0.29) is 0 Å². The van der Waals surface area contributed by atoms with E-state index in [4.69, 9.17) is 4.74 Å². The summed E-state index contributed by atoms with van der Waals surface area (Å²) in [7, 11) is 1.74. The highest BCUT2D eigenvalue weighted by molar-refractivity contribution is 5.38. The predicted molar refractivity (Wildman–Crippen MR) is 72.9 cm³/mol. The number of ether oxygens (including phenoxy) is 1. The summed E-state index contributed by atoms with van der Waals surface area (Å²) < 4.78 is 5.11. The molecule has 100 valence electrons. The topological polar surface area (TPSA) is 41.5 Å². The molecule has 0 spiro atoms. The lowest BCUT2D eigenvalue weighted by Gasteiger charge is -2.29. The maximum absolute atomic E-state index is 9.54. The molecule has 0 radical (unpaired) electrons. The number of hydrogen-bond donors (Lipinski definition) is 2. The standard InChI is InChI=1S/C15H23NO2/c1-11(8-9-18-2)16-15-5-3-4-12-10-13(17)6-7-14(12)15/h6-7,10-11,15-17H,3-5,8-9H2,1-2H3. The lowest BCUT2D eigenvalue weighted by Crippen LogP contribution is -2.33. The molecule has 3 heteroatoms. The third kappa shape index (κ3) is 3.24. The summed E-state index contributed by atoms with van der Waals surface area (Å²) in [6.45, 7) is 3.00. The zero-order valence-electron chi connectivity index (χ0n) is 11.3. The second kappa shape index (κ2) is 6.21. The summed E-state index contributed by atoms with van der Waals surface area (Å²) in [6, 6.07) is 6.63. The maximum Gasteiger partial charge on any atom is 0.115 e. The Kier molecular flexibility index (Phi) is 4.61. The second-order valence-corrected chi connectivity index (χ2v) is 5.18. The molecule has 0 fully saturated rings. The van der Waals surface area contributed by atoms with Gasteiger partial charge in [0.15, 0.2) is 0 Å². The van der Waals surface area contributed by atoms with Crippen LogP contribution in [0.3, 0.4) is 0 Å². The first-order chi connectivity index (χ1) is 8.70. The Labute approximate surface area is 109 Å². The van der Waals surface area contributed by atoms with Crippen molar-refractivity contribution < 1.29 is 9.84 Å². The first-order valence-corrected chi connectivity index (χ1v) is 6.77. The van der Waals surface area contributed by atoms with Crippen LogP contribution in [0.5, 0.6) is 5.75 Å². The van der Waals surface area contributed by atoms with Gasteiger partial charge in [0.05, 0.1) is 0 Å². The number of phenols is 1. The Balaban J connectivity index is 2.03. The van der Waals surface area contributed by atoms with Crippen LogP contribution < -0.4 is 5.32 Å². The van der Waals surface area contributed by atoms with Gasteiger partial charge in [-0.3, -0.25) is 0 Å². The molecule has 2 atom stereocenters. The number of phenolic OH excluding ortho intramolecular Hbond substituents is 1. The van der Waals surface area contributed by atoms with Gasteiger partial charge in [0, 0.05) is 25.8 Å². The Morgan fingerprint density at radius 1 is 1.50 bits per heavy atom. The maximum atomic E-state index is 9.54. The smallest absolute Gasteiger partial charge is 0.115 e. The lowest BCUT2D eigenvalue weighted by atomic mass is 9.87. The Morgan fingerprint density at radius 2 is 2.33 bits per heavy atom. The van der Waals surface area contributed by atoms with Gasteiger partial charge >= 0.3 is 0 Å². The molecule has 0 aromatic heterocycles. The van der Waals surface area contributed by atoms with Crippen LogP contribution in [0.15, 0.2) is 18.2 Å². The number of benzene rings is 1. The van der Waals surface area contributed by atoms with E-state index < -0.39 is 0 Å². The van der Waals surface area contributed by atoms with Crippen LogP contribution in [0.4, 0.5) is 0 Å². The van der Waals surface area contributed by atoms with Gasteiger partial charge in [-0.15, -0.1) is 0 Å². The molecule has 1 aromatic carbocycles. The van der Waals surface area contributed by atoms with E-state index in [0.29, 0.717) is 17.8 Å². The summed E-state index contributed by atoms with van der Waals surface area (Å²) in [5, 5.41) is 13.2. The number of rotatable bonds is 5. The average molecular weight is 249 g/mol. The van der Waals surface area contributed by atoms with Crippen LogP contribution in [0.25, 0.3) is 0 Å². The van der Waals surface area contributed by atoms with E-state index in [1.165, 1.54) is 24.0 Å². The van der Waals surface area contributed by atoms with E-state index in [0.717, 1.165) is 19.4 Å². The van der Waals surface area contributed by atoms with Crippen molar-refractivity contribution >= 4 is 0 Å². The van der Waals surface area contributed by atoms with Gasteiger partial charge in [-0.2, -0.15) is 0 Å². The number of methoxy groups -OCH3 is 1. The van der Waals surface area contributed by atoms with Crippen LogP contribution in [0.1, 0.15) is 43.4 Å². The molecule has 1 aliphatic carbocycles. The molecule has 1 aliphatic rings.